The van der Waals surface area contributed by atoms with Crippen LogP contribution >= 0.6 is 0 Å². The smallest absolute Gasteiger partial charge is 0.0831 e. The number of aliphatic hydroxyl groups excluding tert-OH is 1. The molecule has 0 aliphatic carbocycles. The Hall–Kier alpha value is -2.10. The summed E-state index contributed by atoms with van der Waals surface area (Å²) in [5, 5.41) is 10.3. The molecule has 0 bridgehead atoms. The largest absolute Gasteiger partial charge is 0.390 e. The molecule has 0 spiro atoms. The lowest BCUT2D eigenvalue weighted by molar-refractivity contribution is 0.278. The second-order valence-electron chi connectivity index (χ2n) is 4.66. The number of benzene rings is 2. The maximum atomic E-state index is 9.15. The molecule has 3 nitrogen and oxygen atoms in total. The number of aliphatic hydroxyl groups is 1. The zero-order valence-corrected chi connectivity index (χ0v) is 10.6. The number of aromatic amines is 1. The van der Waals surface area contributed by atoms with Gasteiger partial charge in [-0.25, -0.2) is 0 Å². The molecule has 0 atom stereocenters. The van der Waals surface area contributed by atoms with Crippen molar-refractivity contribution in [1.29, 1.82) is 0 Å². The Morgan fingerprint density at radius 2 is 1.84 bits per heavy atom. The molecule has 0 aliphatic rings. The number of nitrogens with one attached hydrogen (secondary N) is 1. The molecule has 1 aromatic heterocycles. The number of hydrogen-bond donors (Lipinski definition) is 3. The number of fused-ring (bicyclic) bond motifs is 1. The summed E-state index contributed by atoms with van der Waals surface area (Å²) < 4.78 is 0. The van der Waals surface area contributed by atoms with Crippen LogP contribution in [0.5, 0.6) is 0 Å². The van der Waals surface area contributed by atoms with Gasteiger partial charge in [0, 0.05) is 23.1 Å². The third-order valence-corrected chi connectivity index (χ3v) is 3.34. The van der Waals surface area contributed by atoms with Crippen molar-refractivity contribution in [1.82, 2.24) is 4.98 Å². The fourth-order valence-corrected chi connectivity index (χ4v) is 2.34. The van der Waals surface area contributed by atoms with E-state index in [9.17, 15) is 0 Å². The van der Waals surface area contributed by atoms with Gasteiger partial charge in [0.05, 0.1) is 6.61 Å². The summed E-state index contributed by atoms with van der Waals surface area (Å²) in [6.07, 6.45) is 0. The third-order valence-electron chi connectivity index (χ3n) is 3.34. The fraction of sp³-hybridized carbons (Fsp3) is 0.125. The van der Waals surface area contributed by atoms with Crippen molar-refractivity contribution in [2.45, 2.75) is 13.2 Å². The maximum Gasteiger partial charge on any atom is 0.0831 e. The minimum Gasteiger partial charge on any atom is -0.390 e. The first-order chi connectivity index (χ1) is 9.30. The van der Waals surface area contributed by atoms with E-state index >= 15 is 0 Å². The summed E-state index contributed by atoms with van der Waals surface area (Å²) >= 11 is 0. The molecule has 3 heteroatoms. The van der Waals surface area contributed by atoms with Gasteiger partial charge in [0.15, 0.2) is 0 Å². The van der Waals surface area contributed by atoms with Crippen molar-refractivity contribution in [2.24, 2.45) is 5.73 Å². The van der Waals surface area contributed by atoms with Crippen LogP contribution in [-0.4, -0.2) is 10.1 Å². The third kappa shape index (κ3) is 2.26. The molecule has 0 aliphatic heterocycles. The van der Waals surface area contributed by atoms with Crippen LogP contribution < -0.4 is 5.73 Å². The highest BCUT2D eigenvalue weighted by Gasteiger charge is 2.03. The Kier molecular flexibility index (Phi) is 3.07. The number of rotatable bonds is 3. The predicted octanol–water partition coefficient (Wildman–Crippen LogP) is 2.79. The van der Waals surface area contributed by atoms with E-state index in [1.807, 2.05) is 24.3 Å². The summed E-state index contributed by atoms with van der Waals surface area (Å²) in [6, 6.07) is 16.5. The number of aromatic nitrogens is 1. The van der Waals surface area contributed by atoms with Gasteiger partial charge in [-0.15, -0.1) is 0 Å². The van der Waals surface area contributed by atoms with Crippen LogP contribution in [0.2, 0.25) is 0 Å². The van der Waals surface area contributed by atoms with Gasteiger partial charge in [-0.05, 0) is 41.0 Å². The van der Waals surface area contributed by atoms with Crippen LogP contribution in [0.15, 0.2) is 48.5 Å². The quantitative estimate of drug-likeness (QED) is 0.671. The minimum atomic E-state index is 0.0344. The topological polar surface area (TPSA) is 62.0 Å². The lowest BCUT2D eigenvalue weighted by Crippen LogP contribution is -1.95. The van der Waals surface area contributed by atoms with Crippen molar-refractivity contribution in [3.05, 3.63) is 59.8 Å². The molecular formula is C16H16N2O. The lowest BCUT2D eigenvalue weighted by Gasteiger charge is -2.04. The van der Waals surface area contributed by atoms with E-state index in [2.05, 4.69) is 29.2 Å². The van der Waals surface area contributed by atoms with E-state index in [0.29, 0.717) is 6.54 Å². The second kappa shape index (κ2) is 4.88. The molecule has 0 radical (unpaired) electrons. The molecule has 3 aromatic rings. The fourth-order valence-electron chi connectivity index (χ4n) is 2.34. The molecule has 0 saturated heterocycles. The molecule has 96 valence electrons. The highest BCUT2D eigenvalue weighted by Crippen LogP contribution is 2.25. The van der Waals surface area contributed by atoms with Crippen molar-refractivity contribution >= 4 is 10.9 Å². The molecule has 0 amide bonds. The maximum absolute atomic E-state index is 9.15. The number of hydrogen-bond acceptors (Lipinski definition) is 2. The van der Waals surface area contributed by atoms with E-state index in [-0.39, 0.29) is 6.61 Å². The van der Waals surface area contributed by atoms with Crippen LogP contribution in [0.4, 0.5) is 0 Å². The van der Waals surface area contributed by atoms with Crippen molar-refractivity contribution < 1.29 is 5.11 Å². The summed E-state index contributed by atoms with van der Waals surface area (Å²) in [4.78, 5) is 3.18. The molecule has 19 heavy (non-hydrogen) atoms. The number of H-pyrrole nitrogens is 1. The van der Waals surface area contributed by atoms with Gasteiger partial charge in [-0.1, -0.05) is 24.3 Å². The molecule has 4 N–H and O–H groups in total. The Labute approximate surface area is 111 Å². The normalized spacial score (nSPS) is 11.1. The van der Waals surface area contributed by atoms with Crippen molar-refractivity contribution in [3.8, 4) is 11.1 Å². The van der Waals surface area contributed by atoms with Crippen LogP contribution in [0.1, 0.15) is 11.3 Å². The summed E-state index contributed by atoms with van der Waals surface area (Å²) in [5.74, 6) is 0. The van der Waals surface area contributed by atoms with Gasteiger partial charge in [0.1, 0.15) is 0 Å². The second-order valence-corrected chi connectivity index (χ2v) is 4.66. The molecule has 2 aromatic carbocycles. The first-order valence-electron chi connectivity index (χ1n) is 6.32. The standard InChI is InChI=1S/C16H16N2O/c17-9-11-2-1-3-12(6-11)13-4-5-16-14(7-13)8-15(10-19)18-16/h1-8,18-19H,9-10,17H2. The van der Waals surface area contributed by atoms with Gasteiger partial charge in [0.2, 0.25) is 0 Å². The van der Waals surface area contributed by atoms with E-state index in [4.69, 9.17) is 10.8 Å². The van der Waals surface area contributed by atoms with Crippen molar-refractivity contribution in [2.75, 3.05) is 0 Å². The van der Waals surface area contributed by atoms with E-state index in [1.165, 1.54) is 0 Å². The van der Waals surface area contributed by atoms with Gasteiger partial charge in [0.25, 0.3) is 0 Å². The Morgan fingerprint density at radius 1 is 1.00 bits per heavy atom. The first kappa shape index (κ1) is 12.0. The van der Waals surface area contributed by atoms with Crippen LogP contribution in [0.25, 0.3) is 22.0 Å². The van der Waals surface area contributed by atoms with E-state index in [0.717, 1.165) is 33.3 Å². The first-order valence-corrected chi connectivity index (χ1v) is 6.32. The Bertz CT molecular complexity index is 716. The molecule has 0 fully saturated rings. The monoisotopic (exact) mass is 252 g/mol. The highest BCUT2D eigenvalue weighted by molar-refractivity contribution is 5.85. The zero-order chi connectivity index (χ0) is 13.2. The minimum absolute atomic E-state index is 0.0344. The number of nitrogens with two attached hydrogens (primary N) is 1. The van der Waals surface area contributed by atoms with Crippen LogP contribution in [0, 0.1) is 0 Å². The summed E-state index contributed by atoms with van der Waals surface area (Å²) in [5.41, 5.74) is 11.0. The van der Waals surface area contributed by atoms with Gasteiger partial charge in [-0.2, -0.15) is 0 Å². The van der Waals surface area contributed by atoms with Crippen LogP contribution in [-0.2, 0) is 13.2 Å². The van der Waals surface area contributed by atoms with E-state index in [1.54, 1.807) is 0 Å². The SMILES string of the molecule is NCc1cccc(-c2ccc3[nH]c(CO)cc3c2)c1. The van der Waals surface area contributed by atoms with Gasteiger partial charge < -0.3 is 15.8 Å². The zero-order valence-electron chi connectivity index (χ0n) is 10.6. The van der Waals surface area contributed by atoms with E-state index < -0.39 is 0 Å². The Morgan fingerprint density at radius 3 is 2.63 bits per heavy atom. The average Bonchev–Trinajstić information content (AvgIpc) is 2.89. The van der Waals surface area contributed by atoms with Gasteiger partial charge >= 0.3 is 0 Å². The highest BCUT2D eigenvalue weighted by atomic mass is 16.3. The van der Waals surface area contributed by atoms with Crippen molar-refractivity contribution in [3.63, 3.8) is 0 Å². The average molecular weight is 252 g/mol. The van der Waals surface area contributed by atoms with Crippen LogP contribution in [0.3, 0.4) is 0 Å². The molecule has 3 rings (SSSR count). The molecule has 1 heterocycles. The summed E-state index contributed by atoms with van der Waals surface area (Å²) in [7, 11) is 0. The Balaban J connectivity index is 2.08. The van der Waals surface area contributed by atoms with Gasteiger partial charge in [-0.3, -0.25) is 0 Å². The molecule has 0 saturated carbocycles. The lowest BCUT2D eigenvalue weighted by atomic mass is 10.0. The summed E-state index contributed by atoms with van der Waals surface area (Å²) in [6.45, 7) is 0.585. The molecular weight excluding hydrogens is 236 g/mol. The molecule has 0 unspecified atom stereocenters. The predicted molar refractivity (Wildman–Crippen MR) is 77.5 cm³/mol.